The second-order valence-corrected chi connectivity index (χ2v) is 6.27. The minimum atomic E-state index is -0.149. The Morgan fingerprint density at radius 1 is 1.14 bits per heavy atom. The van der Waals surface area contributed by atoms with E-state index >= 15 is 0 Å². The molecule has 2 aromatic carbocycles. The lowest BCUT2D eigenvalue weighted by Crippen LogP contribution is -2.32. The Bertz CT molecular complexity index is 649. The van der Waals surface area contributed by atoms with Crippen molar-refractivity contribution in [1.82, 2.24) is 0 Å². The molecule has 0 N–H and O–H groups in total. The molecule has 0 saturated carbocycles. The zero-order chi connectivity index (χ0) is 15.0. The summed E-state index contributed by atoms with van der Waals surface area (Å²) in [5, 5.41) is 0. The van der Waals surface area contributed by atoms with Gasteiger partial charge >= 0.3 is 0 Å². The quantitative estimate of drug-likeness (QED) is 0.729. The monoisotopic (exact) mass is 350 g/mol. The van der Waals surface area contributed by atoms with E-state index in [9.17, 15) is 4.39 Å². The molecule has 1 aliphatic heterocycles. The molecule has 3 rings (SSSR count). The van der Waals surface area contributed by atoms with E-state index in [0.717, 1.165) is 17.1 Å². The van der Waals surface area contributed by atoms with E-state index in [0.29, 0.717) is 17.7 Å². The van der Waals surface area contributed by atoms with Crippen LogP contribution in [-0.4, -0.2) is 12.7 Å². The minimum Gasteiger partial charge on any atom is -0.486 e. The molecule has 0 bridgehead atoms. The number of aryl methyl sites for hydroxylation is 2. The summed E-state index contributed by atoms with van der Waals surface area (Å²) in [5.74, 6) is 1.36. The predicted octanol–water partition coefficient (Wildman–Crippen LogP) is 4.72. The molecule has 0 aromatic heterocycles. The fraction of sp³-hybridized carbons (Fsp3) is 0.294. The Labute approximate surface area is 132 Å². The predicted molar refractivity (Wildman–Crippen MR) is 83.9 cm³/mol. The topological polar surface area (TPSA) is 18.5 Å². The van der Waals surface area contributed by atoms with Gasteiger partial charge in [-0.15, -0.1) is 0 Å². The zero-order valence-electron chi connectivity index (χ0n) is 11.9. The molecule has 0 saturated heterocycles. The van der Waals surface area contributed by atoms with Crippen LogP contribution in [0, 0.1) is 19.7 Å². The molecule has 0 aliphatic carbocycles. The normalized spacial score (nSPS) is 18.4. The molecule has 2 aromatic rings. The minimum absolute atomic E-state index is 0.0520. The van der Waals surface area contributed by atoms with Crippen LogP contribution in [0.3, 0.4) is 0 Å². The lowest BCUT2D eigenvalue weighted by Gasteiger charge is -2.30. The molecule has 4 heteroatoms. The first-order valence-corrected chi connectivity index (χ1v) is 7.77. The van der Waals surface area contributed by atoms with Gasteiger partial charge in [0, 0.05) is 0 Å². The highest BCUT2D eigenvalue weighted by atomic mass is 79.9. The average molecular weight is 351 g/mol. The van der Waals surface area contributed by atoms with E-state index in [4.69, 9.17) is 9.47 Å². The van der Waals surface area contributed by atoms with Crippen LogP contribution >= 0.6 is 15.9 Å². The lowest BCUT2D eigenvalue weighted by atomic mass is 10.0. The fourth-order valence-corrected chi connectivity index (χ4v) is 3.06. The third kappa shape index (κ3) is 2.77. The first-order chi connectivity index (χ1) is 10.1. The van der Waals surface area contributed by atoms with Crippen LogP contribution in [0.1, 0.15) is 21.5 Å². The van der Waals surface area contributed by atoms with Gasteiger partial charge in [-0.2, -0.15) is 0 Å². The Balaban J connectivity index is 1.85. The summed E-state index contributed by atoms with van der Waals surface area (Å²) in [6.07, 6.45) is -0.149. The Hall–Kier alpha value is -1.55. The van der Waals surface area contributed by atoms with Gasteiger partial charge in [-0.3, -0.25) is 0 Å². The van der Waals surface area contributed by atoms with Crippen LogP contribution in [0.5, 0.6) is 11.5 Å². The molecule has 2 unspecified atom stereocenters. The molecular formula is C17H16BrFO2. The highest BCUT2D eigenvalue weighted by molar-refractivity contribution is 9.09. The summed E-state index contributed by atoms with van der Waals surface area (Å²) >= 11 is 3.66. The molecule has 0 amide bonds. The third-order valence-corrected chi connectivity index (χ3v) is 4.75. The summed E-state index contributed by atoms with van der Waals surface area (Å²) in [4.78, 5) is -0.0520. The summed E-state index contributed by atoms with van der Waals surface area (Å²) in [6, 6.07) is 11.3. The summed E-state index contributed by atoms with van der Waals surface area (Å²) in [6.45, 7) is 4.01. The number of hydrogen-bond acceptors (Lipinski definition) is 2. The number of alkyl halides is 1. The van der Waals surface area contributed by atoms with Gasteiger partial charge in [0.15, 0.2) is 11.5 Å². The van der Waals surface area contributed by atoms with Crippen molar-refractivity contribution in [3.8, 4) is 11.5 Å². The van der Waals surface area contributed by atoms with Crippen molar-refractivity contribution in [2.24, 2.45) is 0 Å². The van der Waals surface area contributed by atoms with Gasteiger partial charge in [-0.25, -0.2) is 4.39 Å². The van der Waals surface area contributed by atoms with E-state index < -0.39 is 0 Å². The van der Waals surface area contributed by atoms with Crippen molar-refractivity contribution in [3.05, 3.63) is 58.9 Å². The number of fused-ring (bicyclic) bond motifs is 1. The van der Waals surface area contributed by atoms with Gasteiger partial charge in [-0.1, -0.05) is 40.2 Å². The number of benzene rings is 2. The molecule has 110 valence electrons. The molecule has 0 spiro atoms. The molecular weight excluding hydrogens is 335 g/mol. The van der Waals surface area contributed by atoms with Gasteiger partial charge < -0.3 is 9.47 Å². The number of hydrogen-bond donors (Lipinski definition) is 0. The molecule has 21 heavy (non-hydrogen) atoms. The van der Waals surface area contributed by atoms with Gasteiger partial charge in [-0.05, 0) is 42.7 Å². The number of para-hydroxylation sites is 2. The fourth-order valence-electron chi connectivity index (χ4n) is 2.53. The lowest BCUT2D eigenvalue weighted by molar-refractivity contribution is 0.0904. The zero-order valence-corrected chi connectivity index (χ0v) is 13.5. The van der Waals surface area contributed by atoms with Crippen molar-refractivity contribution in [1.29, 1.82) is 0 Å². The van der Waals surface area contributed by atoms with Crippen molar-refractivity contribution in [2.75, 3.05) is 6.61 Å². The maximum atomic E-state index is 13.7. The van der Waals surface area contributed by atoms with Crippen LogP contribution in [0.4, 0.5) is 4.39 Å². The molecule has 1 heterocycles. The molecule has 2 atom stereocenters. The van der Waals surface area contributed by atoms with Gasteiger partial charge in [0.2, 0.25) is 0 Å². The third-order valence-electron chi connectivity index (χ3n) is 3.63. The second-order valence-electron chi connectivity index (χ2n) is 5.28. The van der Waals surface area contributed by atoms with Crippen molar-refractivity contribution in [3.63, 3.8) is 0 Å². The van der Waals surface area contributed by atoms with E-state index in [1.54, 1.807) is 13.8 Å². The Morgan fingerprint density at radius 2 is 1.76 bits per heavy atom. The van der Waals surface area contributed by atoms with Gasteiger partial charge in [0.05, 0.1) is 4.83 Å². The van der Waals surface area contributed by atoms with Crippen LogP contribution in [-0.2, 0) is 0 Å². The van der Waals surface area contributed by atoms with Crippen LogP contribution in [0.15, 0.2) is 36.4 Å². The first-order valence-electron chi connectivity index (χ1n) is 6.85. The Kier molecular flexibility index (Phi) is 3.89. The smallest absolute Gasteiger partial charge is 0.161 e. The number of halogens is 2. The van der Waals surface area contributed by atoms with E-state index in [-0.39, 0.29) is 16.7 Å². The number of ether oxygens (including phenoxy) is 2. The van der Waals surface area contributed by atoms with Crippen LogP contribution in [0.25, 0.3) is 0 Å². The number of rotatable bonds is 2. The maximum absolute atomic E-state index is 13.7. The molecule has 0 fully saturated rings. The molecule has 1 aliphatic rings. The highest BCUT2D eigenvalue weighted by Crippen LogP contribution is 2.38. The summed E-state index contributed by atoms with van der Waals surface area (Å²) in [5.41, 5.74) is 2.29. The largest absolute Gasteiger partial charge is 0.486 e. The maximum Gasteiger partial charge on any atom is 0.161 e. The SMILES string of the molecule is Cc1cc(C(Br)C2COc3ccccc3O2)cc(C)c1F. The van der Waals surface area contributed by atoms with Crippen LogP contribution in [0.2, 0.25) is 0 Å². The average Bonchev–Trinajstić information content (AvgIpc) is 2.51. The standard InChI is InChI=1S/C17H16BrFO2/c1-10-7-12(8-11(2)17(10)19)16(18)15-9-20-13-5-3-4-6-14(13)21-15/h3-8,15-16H,9H2,1-2H3. The van der Waals surface area contributed by atoms with Crippen LogP contribution < -0.4 is 9.47 Å². The van der Waals surface area contributed by atoms with E-state index in [2.05, 4.69) is 15.9 Å². The highest BCUT2D eigenvalue weighted by Gasteiger charge is 2.28. The van der Waals surface area contributed by atoms with E-state index in [1.807, 2.05) is 36.4 Å². The van der Waals surface area contributed by atoms with Crippen molar-refractivity contribution < 1.29 is 13.9 Å². The second kappa shape index (κ2) is 5.68. The van der Waals surface area contributed by atoms with Gasteiger partial charge in [0.25, 0.3) is 0 Å². The molecule has 2 nitrogen and oxygen atoms in total. The van der Waals surface area contributed by atoms with Gasteiger partial charge in [0.1, 0.15) is 18.5 Å². The Morgan fingerprint density at radius 3 is 2.43 bits per heavy atom. The summed E-state index contributed by atoms with van der Waals surface area (Å²) in [7, 11) is 0. The van der Waals surface area contributed by atoms with Crippen molar-refractivity contribution in [2.45, 2.75) is 24.8 Å². The van der Waals surface area contributed by atoms with Crippen molar-refractivity contribution >= 4 is 15.9 Å². The summed E-state index contributed by atoms with van der Waals surface area (Å²) < 4.78 is 25.5. The van der Waals surface area contributed by atoms with E-state index in [1.165, 1.54) is 0 Å². The first kappa shape index (κ1) is 14.4. The molecule has 0 radical (unpaired) electrons.